The predicted molar refractivity (Wildman–Crippen MR) is 109 cm³/mol. The maximum Gasteiger partial charge on any atom is 0.260 e. The molecule has 1 atom stereocenters. The number of tetrazole rings is 1. The van der Waals surface area contributed by atoms with Gasteiger partial charge in [0.15, 0.2) is 5.13 Å². The zero-order chi connectivity index (χ0) is 19.6. The van der Waals surface area contributed by atoms with Crippen molar-refractivity contribution in [2.24, 2.45) is 0 Å². The molecule has 1 fully saturated rings. The van der Waals surface area contributed by atoms with Crippen LogP contribution >= 0.6 is 11.3 Å². The number of nitrogens with zero attached hydrogens (tertiary/aromatic N) is 6. The van der Waals surface area contributed by atoms with Crippen molar-refractivity contribution >= 4 is 32.6 Å². The van der Waals surface area contributed by atoms with Gasteiger partial charge in [-0.1, -0.05) is 29.5 Å². The molecule has 1 aliphatic heterocycles. The Hall–Kier alpha value is -3.17. The Morgan fingerprint density at radius 3 is 2.97 bits per heavy atom. The number of hydrogen-bond donors (Lipinski definition) is 0. The monoisotopic (exact) mass is 406 g/mol. The van der Waals surface area contributed by atoms with Crippen LogP contribution in [0.2, 0.25) is 0 Å². The molecule has 8 nitrogen and oxygen atoms in total. The number of ether oxygens (including phenoxy) is 1. The quantitative estimate of drug-likeness (QED) is 0.506. The largest absolute Gasteiger partial charge is 0.376 e. The highest BCUT2D eigenvalue weighted by molar-refractivity contribution is 7.22. The molecule has 29 heavy (non-hydrogen) atoms. The number of carbonyl (C=O) groups excluding carboxylic acids is 1. The molecule has 3 heterocycles. The number of anilines is 1. The summed E-state index contributed by atoms with van der Waals surface area (Å²) in [4.78, 5) is 19.9. The maximum absolute atomic E-state index is 13.5. The fourth-order valence-corrected chi connectivity index (χ4v) is 4.41. The van der Waals surface area contributed by atoms with E-state index in [9.17, 15) is 4.79 Å². The molecule has 0 N–H and O–H groups in total. The molecule has 1 saturated heterocycles. The van der Waals surface area contributed by atoms with Crippen LogP contribution in [0, 0.1) is 0 Å². The summed E-state index contributed by atoms with van der Waals surface area (Å²) in [5, 5.41) is 11.9. The average Bonchev–Trinajstić information content (AvgIpc) is 3.53. The molecule has 2 aromatic carbocycles. The molecule has 1 unspecified atom stereocenters. The van der Waals surface area contributed by atoms with Gasteiger partial charge in [0.1, 0.15) is 6.33 Å². The summed E-state index contributed by atoms with van der Waals surface area (Å²) in [6.45, 7) is 1.22. The number of thiazole rings is 1. The average molecular weight is 406 g/mol. The molecule has 1 amide bonds. The number of para-hydroxylation sites is 1. The summed E-state index contributed by atoms with van der Waals surface area (Å²) >= 11 is 1.51. The number of amides is 1. The molecule has 5 rings (SSSR count). The number of aromatic nitrogens is 5. The first kappa shape index (κ1) is 17.9. The van der Waals surface area contributed by atoms with Gasteiger partial charge in [0.05, 0.1) is 28.6 Å². The van der Waals surface area contributed by atoms with Crippen LogP contribution in [-0.4, -0.2) is 50.4 Å². The van der Waals surface area contributed by atoms with Crippen LogP contribution in [0.5, 0.6) is 0 Å². The molecule has 146 valence electrons. The van der Waals surface area contributed by atoms with Crippen molar-refractivity contribution in [3.63, 3.8) is 0 Å². The first-order valence-electron chi connectivity index (χ1n) is 9.40. The molecule has 0 radical (unpaired) electrons. The second-order valence-electron chi connectivity index (χ2n) is 6.82. The lowest BCUT2D eigenvalue weighted by Gasteiger charge is -2.23. The number of benzene rings is 2. The molecule has 2 aromatic heterocycles. The van der Waals surface area contributed by atoms with Crippen molar-refractivity contribution in [3.05, 3.63) is 60.4 Å². The van der Waals surface area contributed by atoms with E-state index in [4.69, 9.17) is 9.72 Å². The van der Waals surface area contributed by atoms with Gasteiger partial charge in [-0.05, 0) is 53.6 Å². The summed E-state index contributed by atoms with van der Waals surface area (Å²) in [6, 6.07) is 15.2. The summed E-state index contributed by atoms with van der Waals surface area (Å²) < 4.78 is 8.38. The van der Waals surface area contributed by atoms with Crippen molar-refractivity contribution in [1.29, 1.82) is 0 Å². The van der Waals surface area contributed by atoms with Crippen LogP contribution < -0.4 is 4.90 Å². The Kier molecular flexibility index (Phi) is 4.74. The van der Waals surface area contributed by atoms with Gasteiger partial charge in [-0.2, -0.15) is 0 Å². The summed E-state index contributed by atoms with van der Waals surface area (Å²) in [6.07, 6.45) is 3.48. The van der Waals surface area contributed by atoms with Gasteiger partial charge in [-0.3, -0.25) is 9.69 Å². The predicted octanol–water partition coefficient (Wildman–Crippen LogP) is 3.10. The minimum atomic E-state index is -0.116. The Morgan fingerprint density at radius 2 is 2.17 bits per heavy atom. The molecular weight excluding hydrogens is 388 g/mol. The van der Waals surface area contributed by atoms with E-state index < -0.39 is 0 Å². The molecule has 4 aromatic rings. The van der Waals surface area contributed by atoms with Crippen LogP contribution in [0.1, 0.15) is 23.2 Å². The third-order valence-electron chi connectivity index (χ3n) is 4.88. The van der Waals surface area contributed by atoms with Crippen LogP contribution in [0.3, 0.4) is 0 Å². The van der Waals surface area contributed by atoms with E-state index in [0.717, 1.165) is 35.4 Å². The third kappa shape index (κ3) is 3.62. The van der Waals surface area contributed by atoms with E-state index in [1.807, 2.05) is 36.4 Å². The zero-order valence-corrected chi connectivity index (χ0v) is 16.3. The van der Waals surface area contributed by atoms with Crippen molar-refractivity contribution in [2.75, 3.05) is 18.1 Å². The first-order valence-corrected chi connectivity index (χ1v) is 10.2. The van der Waals surface area contributed by atoms with Gasteiger partial charge in [-0.15, -0.1) is 5.10 Å². The van der Waals surface area contributed by atoms with Gasteiger partial charge in [0.2, 0.25) is 0 Å². The van der Waals surface area contributed by atoms with Crippen molar-refractivity contribution < 1.29 is 9.53 Å². The van der Waals surface area contributed by atoms with Crippen LogP contribution in [-0.2, 0) is 4.74 Å². The summed E-state index contributed by atoms with van der Waals surface area (Å²) in [5.74, 6) is -0.116. The van der Waals surface area contributed by atoms with E-state index in [1.54, 1.807) is 17.0 Å². The molecule has 0 spiro atoms. The fraction of sp³-hybridized carbons (Fsp3) is 0.250. The Balaban J connectivity index is 1.51. The summed E-state index contributed by atoms with van der Waals surface area (Å²) in [5.41, 5.74) is 2.16. The highest BCUT2D eigenvalue weighted by Gasteiger charge is 2.27. The lowest BCUT2D eigenvalue weighted by molar-refractivity contribution is 0.0917. The summed E-state index contributed by atoms with van der Waals surface area (Å²) in [7, 11) is 0. The van der Waals surface area contributed by atoms with E-state index in [1.165, 1.54) is 22.3 Å². The molecule has 9 heteroatoms. The molecule has 0 saturated carbocycles. The van der Waals surface area contributed by atoms with Gasteiger partial charge >= 0.3 is 0 Å². The third-order valence-corrected chi connectivity index (χ3v) is 5.93. The lowest BCUT2D eigenvalue weighted by atomic mass is 10.1. The molecule has 0 bridgehead atoms. The Morgan fingerprint density at radius 1 is 1.24 bits per heavy atom. The van der Waals surface area contributed by atoms with Gasteiger partial charge in [0.25, 0.3) is 5.91 Å². The van der Waals surface area contributed by atoms with Crippen LogP contribution in [0.25, 0.3) is 15.9 Å². The van der Waals surface area contributed by atoms with E-state index >= 15 is 0 Å². The standard InChI is InChI=1S/C20H18N6O2S/c27-19(14-5-3-6-15(11-14)26-13-21-23-24-26)25(12-16-7-4-10-28-16)20-22-17-8-1-2-9-18(17)29-20/h1-3,5-6,8-9,11,13,16H,4,7,10,12H2. The minimum Gasteiger partial charge on any atom is -0.376 e. The molecular formula is C20H18N6O2S. The Labute approximate surface area is 170 Å². The van der Waals surface area contributed by atoms with E-state index in [2.05, 4.69) is 15.5 Å². The minimum absolute atomic E-state index is 0.0219. The fourth-order valence-electron chi connectivity index (χ4n) is 3.43. The molecule has 1 aliphatic rings. The smallest absolute Gasteiger partial charge is 0.260 e. The van der Waals surface area contributed by atoms with Gasteiger partial charge in [0, 0.05) is 12.2 Å². The number of rotatable bonds is 5. The second kappa shape index (κ2) is 7.69. The first-order chi connectivity index (χ1) is 14.3. The number of hydrogen-bond acceptors (Lipinski definition) is 7. The maximum atomic E-state index is 13.5. The number of carbonyl (C=O) groups is 1. The highest BCUT2D eigenvalue weighted by atomic mass is 32.1. The van der Waals surface area contributed by atoms with Gasteiger partial charge < -0.3 is 4.74 Å². The lowest BCUT2D eigenvalue weighted by Crippen LogP contribution is -2.37. The van der Waals surface area contributed by atoms with Gasteiger partial charge in [-0.25, -0.2) is 9.67 Å². The van der Waals surface area contributed by atoms with Crippen molar-refractivity contribution in [1.82, 2.24) is 25.2 Å². The topological polar surface area (TPSA) is 86.0 Å². The highest BCUT2D eigenvalue weighted by Crippen LogP contribution is 2.31. The van der Waals surface area contributed by atoms with Crippen molar-refractivity contribution in [3.8, 4) is 5.69 Å². The molecule has 0 aliphatic carbocycles. The zero-order valence-electron chi connectivity index (χ0n) is 15.5. The van der Waals surface area contributed by atoms with Crippen LogP contribution in [0.4, 0.5) is 5.13 Å². The van der Waals surface area contributed by atoms with Crippen molar-refractivity contribution in [2.45, 2.75) is 18.9 Å². The SMILES string of the molecule is O=C(c1cccc(-n2cnnn2)c1)N(CC1CCCO1)c1nc2ccccc2s1. The van der Waals surface area contributed by atoms with Crippen LogP contribution in [0.15, 0.2) is 54.9 Å². The normalized spacial score (nSPS) is 16.3. The number of fused-ring (bicyclic) bond motifs is 1. The second-order valence-corrected chi connectivity index (χ2v) is 7.83. The Bertz CT molecular complexity index is 1100. The van der Waals surface area contributed by atoms with E-state index in [0.29, 0.717) is 17.2 Å². The van der Waals surface area contributed by atoms with E-state index in [-0.39, 0.29) is 12.0 Å².